The first-order valence-electron chi connectivity index (χ1n) is 8.04. The zero-order valence-corrected chi connectivity index (χ0v) is 9.52. The fraction of sp³-hybridized carbons (Fsp3) is 1.00. The molecule has 2 heteroatoms. The third kappa shape index (κ3) is 1.37. The molecule has 2 saturated heterocycles. The smallest absolute Gasteiger partial charge is 0.108 e. The fourth-order valence-corrected chi connectivity index (χ4v) is 3.35. The molecular weight excluding hydrogens is 189 g/mol. The molecule has 3 rings (SSSR count). The van der Waals surface area contributed by atoms with Crippen LogP contribution in [-0.2, 0) is 0 Å². The van der Waals surface area contributed by atoms with Gasteiger partial charge in [0, 0.05) is 22.9 Å². The molecule has 1 aliphatic carbocycles. The predicted octanol–water partition coefficient (Wildman–Crippen LogP) is 3.00. The summed E-state index contributed by atoms with van der Waals surface area (Å²) in [4.78, 5) is 1.67. The standard InChI is InChI=1S/C13H22FN/c1-10(2)6-13-4-3-5-15(13)9-12(8-13)7-11(12)14/h10-11H,3-9H2,1-2H3/t11-,12+,13+/m0/s1/i6D2,9D2. The monoisotopic (exact) mass is 215 g/mol. The van der Waals surface area contributed by atoms with Crippen molar-refractivity contribution >= 4 is 0 Å². The van der Waals surface area contributed by atoms with E-state index in [9.17, 15) is 4.39 Å². The average Bonchev–Trinajstić information content (AvgIpc) is 2.70. The molecule has 3 aliphatic rings. The van der Waals surface area contributed by atoms with Crippen molar-refractivity contribution in [2.24, 2.45) is 11.3 Å². The highest BCUT2D eigenvalue weighted by atomic mass is 19.1. The summed E-state index contributed by atoms with van der Waals surface area (Å²) in [5.41, 5.74) is -1.76. The number of rotatable bonds is 2. The third-order valence-electron chi connectivity index (χ3n) is 3.99. The maximum Gasteiger partial charge on any atom is 0.108 e. The van der Waals surface area contributed by atoms with Crippen LogP contribution in [0.3, 0.4) is 0 Å². The molecule has 0 amide bonds. The lowest BCUT2D eigenvalue weighted by atomic mass is 9.82. The molecule has 1 spiro atoms. The van der Waals surface area contributed by atoms with Crippen molar-refractivity contribution in [1.82, 2.24) is 4.90 Å². The van der Waals surface area contributed by atoms with Crippen LogP contribution >= 0.6 is 0 Å². The molecule has 15 heavy (non-hydrogen) atoms. The number of hydrogen-bond acceptors (Lipinski definition) is 1. The van der Waals surface area contributed by atoms with Gasteiger partial charge in [0.15, 0.2) is 0 Å². The first-order chi connectivity index (χ1) is 8.62. The fourth-order valence-electron chi connectivity index (χ4n) is 3.35. The molecule has 2 aliphatic heterocycles. The van der Waals surface area contributed by atoms with Crippen molar-refractivity contribution in [3.8, 4) is 0 Å². The number of alkyl halides is 1. The lowest BCUT2D eigenvalue weighted by Gasteiger charge is -2.33. The van der Waals surface area contributed by atoms with Crippen LogP contribution in [0.5, 0.6) is 0 Å². The second-order valence-electron chi connectivity index (χ2n) is 5.70. The van der Waals surface area contributed by atoms with Gasteiger partial charge in [0.2, 0.25) is 0 Å². The summed E-state index contributed by atoms with van der Waals surface area (Å²) in [6.45, 7) is 2.52. The third-order valence-corrected chi connectivity index (χ3v) is 3.99. The summed E-state index contributed by atoms with van der Waals surface area (Å²) >= 11 is 0. The maximum atomic E-state index is 13.8. The molecule has 86 valence electrons. The van der Waals surface area contributed by atoms with Gasteiger partial charge in [-0.2, -0.15) is 0 Å². The van der Waals surface area contributed by atoms with Gasteiger partial charge < -0.3 is 0 Å². The minimum Gasteiger partial charge on any atom is -0.297 e. The molecule has 1 nitrogen and oxygen atoms in total. The predicted molar refractivity (Wildman–Crippen MR) is 59.6 cm³/mol. The van der Waals surface area contributed by atoms with E-state index in [4.69, 9.17) is 5.48 Å². The Morgan fingerprint density at radius 1 is 1.67 bits per heavy atom. The van der Waals surface area contributed by atoms with Crippen molar-refractivity contribution in [2.45, 2.75) is 57.6 Å². The van der Waals surface area contributed by atoms with Crippen molar-refractivity contribution in [2.75, 3.05) is 13.0 Å². The van der Waals surface area contributed by atoms with Crippen molar-refractivity contribution in [3.05, 3.63) is 0 Å². The van der Waals surface area contributed by atoms with Crippen molar-refractivity contribution in [3.63, 3.8) is 0 Å². The lowest BCUT2D eigenvalue weighted by Crippen LogP contribution is -2.39. The molecule has 0 N–H and O–H groups in total. The van der Waals surface area contributed by atoms with Gasteiger partial charge in [0.1, 0.15) is 6.17 Å². The van der Waals surface area contributed by atoms with Crippen LogP contribution < -0.4 is 0 Å². The summed E-state index contributed by atoms with van der Waals surface area (Å²) in [5.74, 6) is -0.198. The minimum absolute atomic E-state index is 0.198. The van der Waals surface area contributed by atoms with E-state index in [1.165, 1.54) is 0 Å². The van der Waals surface area contributed by atoms with Crippen molar-refractivity contribution in [1.29, 1.82) is 0 Å². The zero-order chi connectivity index (χ0) is 14.3. The Morgan fingerprint density at radius 3 is 3.00 bits per heavy atom. The molecular formula is C13H22FN. The summed E-state index contributed by atoms with van der Waals surface area (Å²) in [5, 5.41) is 0. The highest BCUT2D eigenvalue weighted by Crippen LogP contribution is 2.63. The van der Waals surface area contributed by atoms with E-state index in [0.29, 0.717) is 19.4 Å². The lowest BCUT2D eigenvalue weighted by molar-refractivity contribution is 0.163. The molecule has 0 aromatic carbocycles. The van der Waals surface area contributed by atoms with Crippen LogP contribution in [-0.4, -0.2) is 29.7 Å². The molecule has 1 saturated carbocycles. The van der Waals surface area contributed by atoms with Crippen LogP contribution in [0.4, 0.5) is 4.39 Å². The van der Waals surface area contributed by atoms with Crippen LogP contribution in [0.2, 0.25) is 0 Å². The Balaban J connectivity index is 2.07. The minimum atomic E-state index is -1.70. The maximum absolute atomic E-state index is 13.8. The summed E-state index contributed by atoms with van der Waals surface area (Å²) < 4.78 is 47.5. The first-order valence-corrected chi connectivity index (χ1v) is 6.04. The van der Waals surface area contributed by atoms with Crippen molar-refractivity contribution < 1.29 is 9.87 Å². The van der Waals surface area contributed by atoms with E-state index in [1.807, 2.05) is 13.8 Å². The van der Waals surface area contributed by atoms with E-state index in [-0.39, 0.29) is 12.3 Å². The normalized spacial score (nSPS) is 57.5. The van der Waals surface area contributed by atoms with Crippen LogP contribution in [0.1, 0.15) is 51.4 Å². The zero-order valence-electron chi connectivity index (χ0n) is 13.5. The SMILES string of the molecule is [2H]C1([2H])N2CCC[C@@]2(C([2H])([2H])C(C)C)C[C@]12C[C@@H]2F. The van der Waals surface area contributed by atoms with E-state index < -0.39 is 30.0 Å². The summed E-state index contributed by atoms with van der Waals surface area (Å²) in [7, 11) is 0. The number of fused-ring (bicyclic) bond motifs is 1. The van der Waals surface area contributed by atoms with Crippen LogP contribution in [0, 0.1) is 11.3 Å². The van der Waals surface area contributed by atoms with Gasteiger partial charge in [-0.25, -0.2) is 4.39 Å². The topological polar surface area (TPSA) is 3.24 Å². The average molecular weight is 215 g/mol. The summed E-state index contributed by atoms with van der Waals surface area (Å²) in [6, 6.07) is 0. The molecule has 0 radical (unpaired) electrons. The molecule has 3 fully saturated rings. The summed E-state index contributed by atoms with van der Waals surface area (Å²) in [6.07, 6.45) is -0.549. The Morgan fingerprint density at radius 2 is 2.40 bits per heavy atom. The van der Waals surface area contributed by atoms with E-state index in [1.54, 1.807) is 4.90 Å². The number of nitrogens with zero attached hydrogens (tertiary/aromatic N) is 1. The first kappa shape index (κ1) is 6.58. The Bertz CT molecular complexity index is 413. The highest BCUT2D eigenvalue weighted by Gasteiger charge is 2.66. The molecule has 0 bridgehead atoms. The van der Waals surface area contributed by atoms with E-state index >= 15 is 0 Å². The van der Waals surface area contributed by atoms with Gasteiger partial charge in [-0.05, 0) is 44.5 Å². The Labute approximate surface area is 97.6 Å². The largest absolute Gasteiger partial charge is 0.297 e. The second-order valence-corrected chi connectivity index (χ2v) is 5.70. The molecule has 0 aromatic heterocycles. The Kier molecular flexibility index (Phi) is 1.30. The molecule has 0 unspecified atom stereocenters. The van der Waals surface area contributed by atoms with E-state index in [2.05, 4.69) is 0 Å². The highest BCUT2D eigenvalue weighted by molar-refractivity contribution is 5.18. The second kappa shape index (κ2) is 2.97. The van der Waals surface area contributed by atoms with Gasteiger partial charge >= 0.3 is 0 Å². The van der Waals surface area contributed by atoms with Gasteiger partial charge in [-0.1, -0.05) is 13.8 Å². The van der Waals surface area contributed by atoms with Gasteiger partial charge in [-0.3, -0.25) is 4.90 Å². The molecule has 2 heterocycles. The van der Waals surface area contributed by atoms with Gasteiger partial charge in [0.05, 0.1) is 0 Å². The van der Waals surface area contributed by atoms with E-state index in [0.717, 1.165) is 6.42 Å². The Hall–Kier alpha value is -0.110. The number of halogens is 1. The van der Waals surface area contributed by atoms with Gasteiger partial charge in [0.25, 0.3) is 0 Å². The number of hydrogen-bond donors (Lipinski definition) is 0. The molecule has 0 aromatic rings. The molecule has 3 atom stereocenters. The van der Waals surface area contributed by atoms with Crippen LogP contribution in [0.25, 0.3) is 0 Å². The van der Waals surface area contributed by atoms with Crippen LogP contribution in [0.15, 0.2) is 0 Å². The van der Waals surface area contributed by atoms with Gasteiger partial charge in [-0.15, -0.1) is 0 Å². The quantitative estimate of drug-likeness (QED) is 0.684.